The number of hydrogen-bond donors (Lipinski definition) is 2. The van der Waals surface area contributed by atoms with Crippen molar-refractivity contribution in [1.82, 2.24) is 20.1 Å². The SMILES string of the molecule is CCc1ccc(-n2cnnc2)cc1NC(=O)NC[C@H]1CCCO1. The second-order valence-electron chi connectivity index (χ2n) is 5.53. The van der Waals surface area contributed by atoms with Gasteiger partial charge >= 0.3 is 6.03 Å². The van der Waals surface area contributed by atoms with E-state index in [1.807, 2.05) is 18.2 Å². The first-order valence-electron chi connectivity index (χ1n) is 7.90. The van der Waals surface area contributed by atoms with Crippen LogP contribution in [0.4, 0.5) is 10.5 Å². The van der Waals surface area contributed by atoms with Gasteiger partial charge in [0, 0.05) is 18.8 Å². The van der Waals surface area contributed by atoms with Crippen LogP contribution in [-0.2, 0) is 11.2 Å². The Bertz CT molecular complexity index is 650. The number of amides is 2. The number of aromatic nitrogens is 3. The van der Waals surface area contributed by atoms with Crippen LogP contribution in [0.15, 0.2) is 30.9 Å². The molecule has 1 atom stereocenters. The van der Waals surface area contributed by atoms with Gasteiger partial charge in [-0.15, -0.1) is 10.2 Å². The minimum absolute atomic E-state index is 0.134. The number of anilines is 1. The zero-order chi connectivity index (χ0) is 16.1. The summed E-state index contributed by atoms with van der Waals surface area (Å²) in [5.74, 6) is 0. The fourth-order valence-electron chi connectivity index (χ4n) is 2.66. The van der Waals surface area contributed by atoms with Gasteiger partial charge in [-0.3, -0.25) is 4.57 Å². The maximum absolute atomic E-state index is 12.1. The van der Waals surface area contributed by atoms with Crippen molar-refractivity contribution in [3.63, 3.8) is 0 Å². The van der Waals surface area contributed by atoms with Crippen LogP contribution in [0.3, 0.4) is 0 Å². The Morgan fingerprint density at radius 1 is 1.39 bits per heavy atom. The molecule has 1 aliphatic heterocycles. The molecule has 7 nitrogen and oxygen atoms in total. The Morgan fingerprint density at radius 2 is 2.22 bits per heavy atom. The highest BCUT2D eigenvalue weighted by Crippen LogP contribution is 2.21. The van der Waals surface area contributed by atoms with E-state index >= 15 is 0 Å². The smallest absolute Gasteiger partial charge is 0.319 e. The van der Waals surface area contributed by atoms with E-state index in [1.54, 1.807) is 17.2 Å². The average Bonchev–Trinajstić information content (AvgIpc) is 3.26. The first-order chi connectivity index (χ1) is 11.3. The highest BCUT2D eigenvalue weighted by atomic mass is 16.5. The van der Waals surface area contributed by atoms with Crippen molar-refractivity contribution in [3.8, 4) is 5.69 Å². The van der Waals surface area contributed by atoms with Crippen molar-refractivity contribution >= 4 is 11.7 Å². The largest absolute Gasteiger partial charge is 0.376 e. The quantitative estimate of drug-likeness (QED) is 0.885. The molecule has 0 spiro atoms. The maximum Gasteiger partial charge on any atom is 0.319 e. The normalized spacial score (nSPS) is 17.2. The van der Waals surface area contributed by atoms with Crippen LogP contribution in [0.2, 0.25) is 0 Å². The number of rotatable bonds is 5. The van der Waals surface area contributed by atoms with Crippen molar-refractivity contribution in [1.29, 1.82) is 0 Å². The Kier molecular flexibility index (Phi) is 4.87. The van der Waals surface area contributed by atoms with Crippen LogP contribution < -0.4 is 10.6 Å². The Hall–Kier alpha value is -2.41. The molecule has 1 aliphatic rings. The molecular formula is C16H21N5O2. The van der Waals surface area contributed by atoms with Gasteiger partial charge in [0.1, 0.15) is 12.7 Å². The molecule has 0 radical (unpaired) electrons. The third-order valence-electron chi connectivity index (χ3n) is 3.95. The number of carbonyl (C=O) groups is 1. The van der Waals surface area contributed by atoms with Gasteiger partial charge in [-0.1, -0.05) is 13.0 Å². The first kappa shape index (κ1) is 15.5. The molecule has 0 saturated carbocycles. The topological polar surface area (TPSA) is 81.1 Å². The second-order valence-corrected chi connectivity index (χ2v) is 5.53. The highest BCUT2D eigenvalue weighted by Gasteiger charge is 2.16. The molecule has 2 amide bonds. The average molecular weight is 315 g/mol. The van der Waals surface area contributed by atoms with Gasteiger partial charge < -0.3 is 15.4 Å². The van der Waals surface area contributed by atoms with Gasteiger partial charge in [-0.05, 0) is 37.0 Å². The van der Waals surface area contributed by atoms with Gasteiger partial charge in [0.25, 0.3) is 0 Å². The molecule has 2 heterocycles. The number of hydrogen-bond acceptors (Lipinski definition) is 4. The Labute approximate surface area is 135 Å². The standard InChI is InChI=1S/C16H21N5O2/c1-2-12-5-6-13(21-10-18-19-11-21)8-15(12)20-16(22)17-9-14-4-3-7-23-14/h5-6,8,10-11,14H,2-4,7,9H2,1H3,(H2,17,20,22)/t14-/m1/s1. The summed E-state index contributed by atoms with van der Waals surface area (Å²) in [6, 6.07) is 5.70. The van der Waals surface area contributed by atoms with Crippen LogP contribution in [0.25, 0.3) is 5.69 Å². The number of ether oxygens (including phenoxy) is 1. The molecule has 2 aromatic rings. The van der Waals surface area contributed by atoms with Crippen molar-refractivity contribution in [2.75, 3.05) is 18.5 Å². The number of urea groups is 1. The summed E-state index contributed by atoms with van der Waals surface area (Å²) in [6.45, 7) is 3.39. The van der Waals surface area contributed by atoms with Crippen LogP contribution in [-0.4, -0.2) is 40.1 Å². The monoisotopic (exact) mass is 315 g/mol. The van der Waals surface area contributed by atoms with E-state index in [0.29, 0.717) is 6.54 Å². The number of benzene rings is 1. The zero-order valence-corrected chi connectivity index (χ0v) is 13.2. The van der Waals surface area contributed by atoms with Crippen LogP contribution in [0, 0.1) is 0 Å². The van der Waals surface area contributed by atoms with Gasteiger partial charge in [0.05, 0.1) is 11.8 Å². The molecule has 1 aromatic heterocycles. The van der Waals surface area contributed by atoms with Crippen molar-refractivity contribution in [2.24, 2.45) is 0 Å². The van der Waals surface area contributed by atoms with Crippen LogP contribution >= 0.6 is 0 Å². The number of aryl methyl sites for hydroxylation is 1. The second kappa shape index (κ2) is 7.23. The third-order valence-corrected chi connectivity index (χ3v) is 3.95. The lowest BCUT2D eigenvalue weighted by Crippen LogP contribution is -2.35. The molecule has 0 aliphatic carbocycles. The molecule has 122 valence electrons. The number of nitrogens with one attached hydrogen (secondary N) is 2. The Morgan fingerprint density at radius 3 is 2.91 bits per heavy atom. The van der Waals surface area contributed by atoms with E-state index in [2.05, 4.69) is 27.8 Å². The van der Waals surface area contributed by atoms with Gasteiger partial charge in [-0.25, -0.2) is 4.79 Å². The lowest BCUT2D eigenvalue weighted by molar-refractivity contribution is 0.112. The summed E-state index contributed by atoms with van der Waals surface area (Å²) in [5, 5.41) is 13.4. The van der Waals surface area contributed by atoms with E-state index in [1.165, 1.54) is 0 Å². The first-order valence-corrected chi connectivity index (χ1v) is 7.90. The minimum atomic E-state index is -0.212. The zero-order valence-electron chi connectivity index (χ0n) is 13.2. The highest BCUT2D eigenvalue weighted by molar-refractivity contribution is 5.90. The van der Waals surface area contributed by atoms with Crippen molar-refractivity contribution < 1.29 is 9.53 Å². The number of carbonyl (C=O) groups excluding carboxylic acids is 1. The van der Waals surface area contributed by atoms with Crippen LogP contribution in [0.5, 0.6) is 0 Å². The molecule has 23 heavy (non-hydrogen) atoms. The third kappa shape index (κ3) is 3.87. The molecule has 1 fully saturated rings. The molecule has 7 heteroatoms. The summed E-state index contributed by atoms with van der Waals surface area (Å²) >= 11 is 0. The van der Waals surface area contributed by atoms with E-state index in [0.717, 1.165) is 42.8 Å². The number of nitrogens with zero attached hydrogens (tertiary/aromatic N) is 3. The van der Waals surface area contributed by atoms with Crippen LogP contribution in [0.1, 0.15) is 25.3 Å². The van der Waals surface area contributed by atoms with Gasteiger partial charge in [0.2, 0.25) is 0 Å². The summed E-state index contributed by atoms with van der Waals surface area (Å²) in [7, 11) is 0. The molecule has 2 N–H and O–H groups in total. The molecule has 1 saturated heterocycles. The molecule has 0 unspecified atom stereocenters. The fourth-order valence-corrected chi connectivity index (χ4v) is 2.66. The molecule has 1 aromatic carbocycles. The van der Waals surface area contributed by atoms with E-state index < -0.39 is 0 Å². The summed E-state index contributed by atoms with van der Waals surface area (Å²) in [5.41, 5.74) is 2.78. The minimum Gasteiger partial charge on any atom is -0.376 e. The Balaban J connectivity index is 1.67. The molecule has 0 bridgehead atoms. The lowest BCUT2D eigenvalue weighted by atomic mass is 10.1. The van der Waals surface area contributed by atoms with E-state index in [9.17, 15) is 4.79 Å². The van der Waals surface area contributed by atoms with Crippen molar-refractivity contribution in [2.45, 2.75) is 32.3 Å². The molecule has 3 rings (SSSR count). The predicted octanol–water partition coefficient (Wildman–Crippen LogP) is 2.13. The summed E-state index contributed by atoms with van der Waals surface area (Å²) in [6.07, 6.45) is 6.29. The summed E-state index contributed by atoms with van der Waals surface area (Å²) in [4.78, 5) is 12.1. The van der Waals surface area contributed by atoms with E-state index in [-0.39, 0.29) is 12.1 Å². The van der Waals surface area contributed by atoms with Gasteiger partial charge in [-0.2, -0.15) is 0 Å². The lowest BCUT2D eigenvalue weighted by Gasteiger charge is -2.14. The van der Waals surface area contributed by atoms with E-state index in [4.69, 9.17) is 4.74 Å². The van der Waals surface area contributed by atoms with Gasteiger partial charge in [0.15, 0.2) is 0 Å². The maximum atomic E-state index is 12.1. The predicted molar refractivity (Wildman–Crippen MR) is 86.7 cm³/mol. The summed E-state index contributed by atoms with van der Waals surface area (Å²) < 4.78 is 7.31. The fraction of sp³-hybridized carbons (Fsp3) is 0.438. The molecular weight excluding hydrogens is 294 g/mol. The van der Waals surface area contributed by atoms with Crippen molar-refractivity contribution in [3.05, 3.63) is 36.4 Å².